The molecule has 0 amide bonds. The fourth-order valence-electron chi connectivity index (χ4n) is 1.36. The van der Waals surface area contributed by atoms with Gasteiger partial charge in [-0.1, -0.05) is 28.1 Å². The summed E-state index contributed by atoms with van der Waals surface area (Å²) in [6.45, 7) is 0. The molecule has 3 nitrogen and oxygen atoms in total. The molecular weight excluding hydrogens is 270 g/mol. The first-order chi connectivity index (χ1) is 7.65. The maximum absolute atomic E-state index is 10.4. The summed E-state index contributed by atoms with van der Waals surface area (Å²) >= 11 is 3.37. The van der Waals surface area contributed by atoms with Gasteiger partial charge in [-0.15, -0.1) is 0 Å². The lowest BCUT2D eigenvalue weighted by molar-refractivity contribution is -0.131. The Hall–Kier alpha value is -1.68. The minimum atomic E-state index is -0.976. The molecule has 1 N–H and O–H groups in total. The molecule has 0 aliphatic rings. The monoisotopic (exact) mass is 277 g/mol. The molecule has 0 unspecified atom stereocenters. The zero-order valence-corrected chi connectivity index (χ0v) is 9.81. The zero-order chi connectivity index (χ0) is 11.5. The number of rotatable bonds is 2. The normalized spacial score (nSPS) is 11.1. The van der Waals surface area contributed by atoms with E-state index in [0.29, 0.717) is 5.69 Å². The number of benzene rings is 1. The Bertz CT molecular complexity index is 578. The molecule has 0 saturated heterocycles. The van der Waals surface area contributed by atoms with E-state index >= 15 is 0 Å². The van der Waals surface area contributed by atoms with Crippen LogP contribution in [0.1, 0.15) is 5.69 Å². The molecule has 80 valence electrons. The molecule has 0 atom stereocenters. The van der Waals surface area contributed by atoms with E-state index in [9.17, 15) is 4.79 Å². The molecule has 16 heavy (non-hydrogen) atoms. The van der Waals surface area contributed by atoms with Crippen LogP contribution in [0.25, 0.3) is 17.0 Å². The highest BCUT2D eigenvalue weighted by molar-refractivity contribution is 9.10. The lowest BCUT2D eigenvalue weighted by atomic mass is 10.2. The maximum Gasteiger partial charge on any atom is 0.328 e. The molecule has 0 radical (unpaired) electrons. The van der Waals surface area contributed by atoms with Crippen LogP contribution in [0.15, 0.2) is 40.9 Å². The van der Waals surface area contributed by atoms with Crippen molar-refractivity contribution in [2.45, 2.75) is 0 Å². The number of fused-ring (bicyclic) bond motifs is 1. The smallest absolute Gasteiger partial charge is 0.328 e. The Morgan fingerprint density at radius 1 is 1.31 bits per heavy atom. The third kappa shape index (κ3) is 2.46. The van der Waals surface area contributed by atoms with E-state index in [0.717, 1.165) is 21.5 Å². The maximum atomic E-state index is 10.4. The molecule has 0 fully saturated rings. The molecule has 2 rings (SSSR count). The van der Waals surface area contributed by atoms with Gasteiger partial charge in [0.2, 0.25) is 0 Å². The molecule has 0 aliphatic carbocycles. The van der Waals surface area contributed by atoms with Crippen LogP contribution < -0.4 is 0 Å². The van der Waals surface area contributed by atoms with Crippen LogP contribution >= 0.6 is 15.9 Å². The van der Waals surface area contributed by atoms with Gasteiger partial charge in [0.25, 0.3) is 0 Å². The molecule has 4 heteroatoms. The summed E-state index contributed by atoms with van der Waals surface area (Å²) in [5.74, 6) is -0.976. The number of carboxylic acid groups (broad SMARTS) is 1. The molecule has 2 aromatic rings. The van der Waals surface area contributed by atoms with Gasteiger partial charge >= 0.3 is 5.97 Å². The van der Waals surface area contributed by atoms with Gasteiger partial charge in [-0.05, 0) is 24.3 Å². The van der Waals surface area contributed by atoms with Gasteiger partial charge in [-0.25, -0.2) is 9.78 Å². The predicted molar refractivity (Wildman–Crippen MR) is 66.1 cm³/mol. The van der Waals surface area contributed by atoms with E-state index in [4.69, 9.17) is 5.11 Å². The van der Waals surface area contributed by atoms with Crippen LogP contribution in [0.2, 0.25) is 0 Å². The van der Waals surface area contributed by atoms with E-state index < -0.39 is 5.97 Å². The van der Waals surface area contributed by atoms with Crippen molar-refractivity contribution in [3.8, 4) is 0 Å². The second kappa shape index (κ2) is 4.45. The standard InChI is InChI=1S/C12H8BrNO2/c13-9-3-1-8-2-4-10(5-6-12(15)16)14-11(8)7-9/h1-7H,(H,15,16)/b6-5+. The number of nitrogens with zero attached hydrogens (tertiary/aromatic N) is 1. The van der Waals surface area contributed by atoms with Crippen LogP contribution in [0.5, 0.6) is 0 Å². The lowest BCUT2D eigenvalue weighted by Crippen LogP contribution is -1.88. The van der Waals surface area contributed by atoms with Crippen molar-refractivity contribution in [1.82, 2.24) is 4.98 Å². The van der Waals surface area contributed by atoms with Gasteiger partial charge in [-0.2, -0.15) is 0 Å². The van der Waals surface area contributed by atoms with E-state index in [1.54, 1.807) is 6.07 Å². The van der Waals surface area contributed by atoms with E-state index in [-0.39, 0.29) is 0 Å². The van der Waals surface area contributed by atoms with Crippen LogP contribution in [0.4, 0.5) is 0 Å². The Kier molecular flexibility index (Phi) is 3.01. The van der Waals surface area contributed by atoms with Gasteiger partial charge in [0.1, 0.15) is 0 Å². The van der Waals surface area contributed by atoms with Crippen molar-refractivity contribution in [2.24, 2.45) is 0 Å². The average molecular weight is 278 g/mol. The molecule has 1 heterocycles. The number of aliphatic carboxylic acids is 1. The minimum absolute atomic E-state index is 0.632. The minimum Gasteiger partial charge on any atom is -0.478 e. The lowest BCUT2D eigenvalue weighted by Gasteiger charge is -1.99. The van der Waals surface area contributed by atoms with Gasteiger partial charge in [-0.3, -0.25) is 0 Å². The second-order valence-corrected chi connectivity index (χ2v) is 4.16. The van der Waals surface area contributed by atoms with Gasteiger partial charge in [0.05, 0.1) is 11.2 Å². The molecule has 0 spiro atoms. The van der Waals surface area contributed by atoms with E-state index in [2.05, 4.69) is 20.9 Å². The number of pyridine rings is 1. The molecule has 0 saturated carbocycles. The van der Waals surface area contributed by atoms with Crippen molar-refractivity contribution < 1.29 is 9.90 Å². The molecule has 1 aromatic heterocycles. The SMILES string of the molecule is O=C(O)/C=C/c1ccc2ccc(Br)cc2n1. The number of halogens is 1. The van der Waals surface area contributed by atoms with Gasteiger partial charge in [0, 0.05) is 15.9 Å². The van der Waals surface area contributed by atoms with Crippen LogP contribution in [-0.2, 0) is 4.79 Å². The number of carboxylic acids is 1. The first-order valence-corrected chi connectivity index (χ1v) is 5.42. The third-order valence-corrected chi connectivity index (χ3v) is 2.57. The highest BCUT2D eigenvalue weighted by Gasteiger charge is 1.97. The number of hydrogen-bond donors (Lipinski definition) is 1. The number of hydrogen-bond acceptors (Lipinski definition) is 2. The third-order valence-electron chi connectivity index (χ3n) is 2.07. The quantitative estimate of drug-likeness (QED) is 0.859. The molecule has 1 aromatic carbocycles. The van der Waals surface area contributed by atoms with Crippen LogP contribution in [0.3, 0.4) is 0 Å². The van der Waals surface area contributed by atoms with Crippen LogP contribution in [-0.4, -0.2) is 16.1 Å². The summed E-state index contributed by atoms with van der Waals surface area (Å²) in [5.41, 5.74) is 1.47. The molecule has 0 aliphatic heterocycles. The van der Waals surface area contributed by atoms with E-state index in [1.807, 2.05) is 24.3 Å². The summed E-state index contributed by atoms with van der Waals surface area (Å²) in [6.07, 6.45) is 2.55. The van der Waals surface area contributed by atoms with Crippen molar-refractivity contribution >= 4 is 38.9 Å². The summed E-state index contributed by atoms with van der Waals surface area (Å²) in [6, 6.07) is 9.49. The first-order valence-electron chi connectivity index (χ1n) is 4.62. The zero-order valence-electron chi connectivity index (χ0n) is 8.22. The van der Waals surface area contributed by atoms with Crippen molar-refractivity contribution in [3.63, 3.8) is 0 Å². The van der Waals surface area contributed by atoms with Crippen LogP contribution in [0, 0.1) is 0 Å². The number of carbonyl (C=O) groups is 1. The number of aromatic nitrogens is 1. The first kappa shape index (κ1) is 10.8. The summed E-state index contributed by atoms with van der Waals surface area (Å²) < 4.78 is 0.951. The molecule has 0 bridgehead atoms. The Labute approximate surface area is 101 Å². The predicted octanol–water partition coefficient (Wildman–Crippen LogP) is 3.10. The Balaban J connectivity index is 2.46. The largest absolute Gasteiger partial charge is 0.478 e. The highest BCUT2D eigenvalue weighted by atomic mass is 79.9. The topological polar surface area (TPSA) is 50.2 Å². The Morgan fingerprint density at radius 3 is 2.81 bits per heavy atom. The fourth-order valence-corrected chi connectivity index (χ4v) is 1.70. The van der Waals surface area contributed by atoms with E-state index in [1.165, 1.54) is 6.08 Å². The average Bonchev–Trinajstić information content (AvgIpc) is 2.25. The van der Waals surface area contributed by atoms with Crippen molar-refractivity contribution in [3.05, 3.63) is 46.6 Å². The second-order valence-electron chi connectivity index (χ2n) is 3.24. The van der Waals surface area contributed by atoms with Gasteiger partial charge < -0.3 is 5.11 Å². The summed E-state index contributed by atoms with van der Waals surface area (Å²) in [7, 11) is 0. The summed E-state index contributed by atoms with van der Waals surface area (Å²) in [5, 5.41) is 9.53. The highest BCUT2D eigenvalue weighted by Crippen LogP contribution is 2.18. The van der Waals surface area contributed by atoms with Crippen molar-refractivity contribution in [2.75, 3.05) is 0 Å². The summed E-state index contributed by atoms with van der Waals surface area (Å²) in [4.78, 5) is 14.7. The molecular formula is C12H8BrNO2. The van der Waals surface area contributed by atoms with Crippen molar-refractivity contribution in [1.29, 1.82) is 0 Å². The van der Waals surface area contributed by atoms with Gasteiger partial charge in [0.15, 0.2) is 0 Å². The Morgan fingerprint density at radius 2 is 2.06 bits per heavy atom. The fraction of sp³-hybridized carbons (Fsp3) is 0.